The van der Waals surface area contributed by atoms with E-state index in [1.54, 1.807) is 31.4 Å². The molecule has 1 heterocycles. The topological polar surface area (TPSA) is 66.8 Å². The average molecular weight is 337 g/mol. The van der Waals surface area contributed by atoms with Gasteiger partial charge in [0.05, 0.1) is 7.11 Å². The van der Waals surface area contributed by atoms with Gasteiger partial charge >= 0.3 is 5.97 Å². The van der Waals surface area contributed by atoms with Crippen LogP contribution in [0.5, 0.6) is 5.75 Å². The Kier molecular flexibility index (Phi) is 6.47. The molecule has 1 N–H and O–H groups in total. The van der Waals surface area contributed by atoms with Gasteiger partial charge in [-0.1, -0.05) is 18.7 Å². The average Bonchev–Trinajstić information content (AvgIpc) is 3.01. The molecule has 1 aliphatic heterocycles. The number of benzene rings is 1. The molecular formula is C17H23NO4S. The molecule has 5 nitrogen and oxygen atoms in total. The van der Waals surface area contributed by atoms with Crippen LogP contribution in [0.2, 0.25) is 0 Å². The summed E-state index contributed by atoms with van der Waals surface area (Å²) in [6, 6.07) is 6.72. The van der Waals surface area contributed by atoms with E-state index < -0.39 is 5.97 Å². The Morgan fingerprint density at radius 2 is 2.09 bits per heavy atom. The maximum Gasteiger partial charge on any atom is 0.320 e. The summed E-state index contributed by atoms with van der Waals surface area (Å²) in [5, 5.41) is 9.23. The van der Waals surface area contributed by atoms with E-state index in [1.807, 2.05) is 4.90 Å². The third-order valence-electron chi connectivity index (χ3n) is 4.02. The van der Waals surface area contributed by atoms with Gasteiger partial charge in [-0.2, -0.15) is 0 Å². The molecular weight excluding hydrogens is 314 g/mol. The summed E-state index contributed by atoms with van der Waals surface area (Å²) in [6.07, 6.45) is 1.65. The molecule has 0 saturated carbocycles. The summed E-state index contributed by atoms with van der Waals surface area (Å²) in [4.78, 5) is 25.4. The van der Waals surface area contributed by atoms with Crippen LogP contribution in [0.4, 0.5) is 0 Å². The van der Waals surface area contributed by atoms with Crippen LogP contribution in [0.1, 0.15) is 30.1 Å². The number of ether oxygens (including phenoxy) is 1. The monoisotopic (exact) mass is 337 g/mol. The summed E-state index contributed by atoms with van der Waals surface area (Å²) in [7, 11) is 1.59. The minimum absolute atomic E-state index is 0.0377. The third-order valence-corrected chi connectivity index (χ3v) is 5.25. The lowest BCUT2D eigenvalue weighted by Crippen LogP contribution is -2.39. The Morgan fingerprint density at radius 1 is 1.39 bits per heavy atom. The number of hydrogen-bond donors (Lipinski definition) is 1. The van der Waals surface area contributed by atoms with Crippen LogP contribution in [-0.4, -0.2) is 53.1 Å². The summed E-state index contributed by atoms with van der Waals surface area (Å²) >= 11 is 1.29. The quantitative estimate of drug-likeness (QED) is 0.825. The molecule has 1 aromatic carbocycles. The van der Waals surface area contributed by atoms with Crippen molar-refractivity contribution in [2.75, 3.05) is 26.0 Å². The van der Waals surface area contributed by atoms with E-state index in [0.29, 0.717) is 11.3 Å². The molecule has 1 unspecified atom stereocenters. The number of carbonyl (C=O) groups is 2. The smallest absolute Gasteiger partial charge is 0.320 e. The van der Waals surface area contributed by atoms with E-state index in [9.17, 15) is 14.7 Å². The molecule has 0 spiro atoms. The van der Waals surface area contributed by atoms with Gasteiger partial charge in [0.1, 0.15) is 11.8 Å². The van der Waals surface area contributed by atoms with Gasteiger partial charge in [-0.3, -0.25) is 14.5 Å². The number of carbonyl (C=O) groups excluding carboxylic acids is 1. The van der Waals surface area contributed by atoms with Crippen LogP contribution in [0.25, 0.3) is 0 Å². The lowest BCUT2D eigenvalue weighted by Gasteiger charge is -2.24. The molecule has 23 heavy (non-hydrogen) atoms. The highest BCUT2D eigenvalue weighted by Gasteiger charge is 2.31. The molecule has 0 aromatic heterocycles. The van der Waals surface area contributed by atoms with Crippen LogP contribution in [0.15, 0.2) is 24.3 Å². The molecule has 0 amide bonds. The molecule has 1 aromatic rings. The van der Waals surface area contributed by atoms with E-state index >= 15 is 0 Å². The van der Waals surface area contributed by atoms with E-state index in [0.717, 1.165) is 31.7 Å². The van der Waals surface area contributed by atoms with Crippen molar-refractivity contribution >= 4 is 22.8 Å². The number of carboxylic acid groups (broad SMARTS) is 1. The zero-order valence-corrected chi connectivity index (χ0v) is 14.3. The van der Waals surface area contributed by atoms with Crippen LogP contribution in [0, 0.1) is 5.92 Å². The summed E-state index contributed by atoms with van der Waals surface area (Å²) < 4.78 is 5.08. The van der Waals surface area contributed by atoms with Crippen molar-refractivity contribution in [1.82, 2.24) is 4.90 Å². The summed E-state index contributed by atoms with van der Waals surface area (Å²) in [5.41, 5.74) is 0.660. The number of aliphatic carboxylic acids is 1. The highest BCUT2D eigenvalue weighted by atomic mass is 32.2. The highest BCUT2D eigenvalue weighted by Crippen LogP contribution is 2.22. The minimum atomic E-state index is -0.739. The van der Waals surface area contributed by atoms with Crippen LogP contribution in [-0.2, 0) is 4.79 Å². The van der Waals surface area contributed by atoms with E-state index in [-0.39, 0.29) is 17.1 Å². The van der Waals surface area contributed by atoms with Crippen molar-refractivity contribution in [3.05, 3.63) is 29.8 Å². The van der Waals surface area contributed by atoms with E-state index in [2.05, 4.69) is 6.92 Å². The number of likely N-dealkylation sites (tertiary alicyclic amines) is 1. The number of nitrogens with zero attached hydrogens (tertiary/aromatic N) is 1. The van der Waals surface area contributed by atoms with Crippen molar-refractivity contribution < 1.29 is 19.4 Å². The zero-order valence-electron chi connectivity index (χ0n) is 13.5. The van der Waals surface area contributed by atoms with Gasteiger partial charge in [0.2, 0.25) is 5.12 Å². The molecule has 1 aliphatic rings. The first-order valence-electron chi connectivity index (χ1n) is 7.79. The Bertz CT molecular complexity index is 546. The second-order valence-corrected chi connectivity index (χ2v) is 6.92. The first-order chi connectivity index (χ1) is 11.0. The summed E-state index contributed by atoms with van der Waals surface area (Å²) in [5.74, 6) is 0.945. The number of thioether (sulfide) groups is 1. The van der Waals surface area contributed by atoms with E-state index in [1.165, 1.54) is 11.8 Å². The van der Waals surface area contributed by atoms with Gasteiger partial charge in [0.25, 0.3) is 0 Å². The van der Waals surface area contributed by atoms with E-state index in [4.69, 9.17) is 4.74 Å². The maximum absolute atomic E-state index is 12.2. The largest absolute Gasteiger partial charge is 0.497 e. The van der Waals surface area contributed by atoms with Gasteiger partial charge in [-0.05, 0) is 49.6 Å². The summed E-state index contributed by atoms with van der Waals surface area (Å²) in [6.45, 7) is 3.61. The molecule has 1 saturated heterocycles. The number of hydrogen-bond acceptors (Lipinski definition) is 5. The van der Waals surface area contributed by atoms with Gasteiger partial charge in [-0.15, -0.1) is 0 Å². The van der Waals surface area contributed by atoms with Crippen molar-refractivity contribution in [2.45, 2.75) is 25.8 Å². The lowest BCUT2D eigenvalue weighted by molar-refractivity contribution is -0.142. The number of methoxy groups -OCH3 is 1. The van der Waals surface area contributed by atoms with Gasteiger partial charge in [0.15, 0.2) is 0 Å². The fraction of sp³-hybridized carbons (Fsp3) is 0.529. The van der Waals surface area contributed by atoms with Crippen molar-refractivity contribution in [1.29, 1.82) is 0 Å². The fourth-order valence-corrected chi connectivity index (χ4v) is 3.65. The fourth-order valence-electron chi connectivity index (χ4n) is 2.81. The Labute approximate surface area is 141 Å². The van der Waals surface area contributed by atoms with Gasteiger partial charge < -0.3 is 9.84 Å². The molecule has 1 fully saturated rings. The number of carboxylic acids is 1. The normalized spacial score (nSPS) is 19.5. The first kappa shape index (κ1) is 17.8. The predicted octanol–water partition coefficient (Wildman–Crippen LogP) is 2.75. The van der Waals surface area contributed by atoms with Crippen LogP contribution < -0.4 is 4.74 Å². The molecule has 6 heteroatoms. The van der Waals surface area contributed by atoms with Crippen molar-refractivity contribution in [2.24, 2.45) is 5.92 Å². The first-order valence-corrected chi connectivity index (χ1v) is 8.78. The van der Waals surface area contributed by atoms with Crippen LogP contribution >= 0.6 is 11.8 Å². The van der Waals surface area contributed by atoms with Gasteiger partial charge in [-0.25, -0.2) is 0 Å². The minimum Gasteiger partial charge on any atom is -0.497 e. The molecule has 126 valence electrons. The lowest BCUT2D eigenvalue weighted by atomic mass is 10.2. The second kappa shape index (κ2) is 8.36. The second-order valence-electron chi connectivity index (χ2n) is 5.92. The number of rotatable bonds is 7. The van der Waals surface area contributed by atoms with Gasteiger partial charge in [0, 0.05) is 17.9 Å². The molecule has 0 aliphatic carbocycles. The predicted molar refractivity (Wildman–Crippen MR) is 91.2 cm³/mol. The zero-order chi connectivity index (χ0) is 16.8. The molecule has 0 radical (unpaired) electrons. The molecule has 0 bridgehead atoms. The molecule has 2 atom stereocenters. The standard InChI is InChI=1S/C17H23NO4S/c1-12(10-18-9-3-4-15(18)16(19)20)11-23-17(21)13-5-7-14(22-2)8-6-13/h5-8,12,15H,3-4,9-11H2,1-2H3,(H,19,20)/t12?,15-/m0/s1. The Balaban J connectivity index is 1.80. The van der Waals surface area contributed by atoms with Crippen LogP contribution in [0.3, 0.4) is 0 Å². The third kappa shape index (κ3) is 4.97. The highest BCUT2D eigenvalue weighted by molar-refractivity contribution is 8.14. The maximum atomic E-state index is 12.2. The Morgan fingerprint density at radius 3 is 2.70 bits per heavy atom. The SMILES string of the molecule is COc1ccc(C(=O)SCC(C)CN2CCC[C@H]2C(=O)O)cc1. The van der Waals surface area contributed by atoms with Crippen molar-refractivity contribution in [3.63, 3.8) is 0 Å². The van der Waals surface area contributed by atoms with Crippen molar-refractivity contribution in [3.8, 4) is 5.75 Å². The molecule has 2 rings (SSSR count). The Hall–Kier alpha value is -1.53.